The fourth-order valence-electron chi connectivity index (χ4n) is 2.62. The zero-order chi connectivity index (χ0) is 25.3. The Morgan fingerprint density at radius 1 is 1.24 bits per heavy atom. The van der Waals surface area contributed by atoms with E-state index < -0.39 is 56.8 Å². The second-order valence-corrected chi connectivity index (χ2v) is 7.50. The maximum absolute atomic E-state index is 14.6. The van der Waals surface area contributed by atoms with Crippen LogP contribution in [-0.4, -0.2) is 27.3 Å². The van der Waals surface area contributed by atoms with Gasteiger partial charge in [-0.25, -0.2) is 18.5 Å². The topological polar surface area (TPSA) is 103 Å². The number of alkyl halides is 3. The quantitative estimate of drug-likeness (QED) is 0.350. The van der Waals surface area contributed by atoms with Crippen molar-refractivity contribution in [2.24, 2.45) is 7.05 Å². The van der Waals surface area contributed by atoms with Crippen molar-refractivity contribution in [3.8, 4) is 11.8 Å². The predicted octanol–water partition coefficient (Wildman–Crippen LogP) is 3.34. The van der Waals surface area contributed by atoms with Crippen LogP contribution in [0.4, 0.5) is 17.6 Å². The normalized spacial score (nSPS) is 11.6. The molecule has 1 aromatic heterocycles. The predicted molar refractivity (Wildman–Crippen MR) is 107 cm³/mol. The molecule has 33 heavy (non-hydrogen) atoms. The van der Waals surface area contributed by atoms with E-state index in [4.69, 9.17) is 26.3 Å². The first-order valence-corrected chi connectivity index (χ1v) is 9.31. The maximum Gasteiger partial charge on any atom is 0.431 e. The van der Waals surface area contributed by atoms with Gasteiger partial charge in [0.05, 0.1) is 16.3 Å². The van der Waals surface area contributed by atoms with Gasteiger partial charge in [-0.3, -0.25) is 9.36 Å². The molecule has 0 spiro atoms. The molecule has 0 bridgehead atoms. The number of hydrogen-bond acceptors (Lipinski definition) is 6. The third-order valence-electron chi connectivity index (χ3n) is 4.44. The van der Waals surface area contributed by atoms with Crippen LogP contribution in [0.25, 0.3) is 5.69 Å². The van der Waals surface area contributed by atoms with E-state index in [1.165, 1.54) is 13.8 Å². The summed E-state index contributed by atoms with van der Waals surface area (Å²) in [5.74, 6) is -2.50. The second-order valence-electron chi connectivity index (χ2n) is 7.10. The Bertz CT molecular complexity index is 1290. The molecule has 8 nitrogen and oxygen atoms in total. The molecule has 0 radical (unpaired) electrons. The van der Waals surface area contributed by atoms with Crippen LogP contribution in [0.3, 0.4) is 0 Å². The first kappa shape index (κ1) is 25.7. The van der Waals surface area contributed by atoms with Crippen molar-refractivity contribution in [3.05, 3.63) is 73.5 Å². The molecule has 13 heteroatoms. The molecule has 2 aromatic rings. The van der Waals surface area contributed by atoms with E-state index in [0.717, 1.165) is 7.05 Å². The number of nitriles is 1. The van der Waals surface area contributed by atoms with Crippen molar-refractivity contribution in [1.82, 2.24) is 9.13 Å². The summed E-state index contributed by atoms with van der Waals surface area (Å²) in [7, 11) is 0.749. The highest BCUT2D eigenvalue weighted by Crippen LogP contribution is 2.29. The summed E-state index contributed by atoms with van der Waals surface area (Å²) < 4.78 is 64.2. The van der Waals surface area contributed by atoms with Gasteiger partial charge in [-0.2, -0.15) is 18.4 Å². The molecule has 1 aromatic carbocycles. The van der Waals surface area contributed by atoms with Gasteiger partial charge in [0, 0.05) is 13.1 Å². The molecular formula is C20H16ClF4N3O5. The minimum Gasteiger partial charge on any atom is -0.479 e. The number of halogens is 5. The van der Waals surface area contributed by atoms with Gasteiger partial charge in [0.2, 0.25) is 0 Å². The van der Waals surface area contributed by atoms with E-state index in [-0.39, 0.29) is 27.6 Å². The Kier molecular flexibility index (Phi) is 7.08. The number of rotatable bonds is 6. The highest BCUT2D eigenvalue weighted by atomic mass is 35.5. The molecule has 0 aliphatic heterocycles. The van der Waals surface area contributed by atoms with Crippen LogP contribution in [0.15, 0.2) is 40.1 Å². The smallest absolute Gasteiger partial charge is 0.431 e. The van der Waals surface area contributed by atoms with Crippen molar-refractivity contribution in [1.29, 1.82) is 5.26 Å². The van der Waals surface area contributed by atoms with E-state index in [2.05, 4.69) is 6.58 Å². The number of hydrogen-bond donors (Lipinski definition) is 0. The number of carbonyl (C=O) groups is 1. The van der Waals surface area contributed by atoms with E-state index in [1.54, 1.807) is 6.07 Å². The average molecular weight is 490 g/mol. The van der Waals surface area contributed by atoms with Gasteiger partial charge in [0.25, 0.3) is 5.56 Å². The number of nitrogens with zero attached hydrogens (tertiary/aromatic N) is 3. The van der Waals surface area contributed by atoms with E-state index in [9.17, 15) is 31.9 Å². The second kappa shape index (κ2) is 9.11. The fraction of sp³-hybridized carbons (Fsp3) is 0.300. The Morgan fingerprint density at radius 2 is 1.85 bits per heavy atom. The molecule has 2 rings (SSSR count). The lowest BCUT2D eigenvalue weighted by Gasteiger charge is -2.26. The van der Waals surface area contributed by atoms with Crippen molar-refractivity contribution in [2.45, 2.75) is 25.6 Å². The molecule has 176 valence electrons. The van der Waals surface area contributed by atoms with Crippen LogP contribution in [0.2, 0.25) is 5.02 Å². The van der Waals surface area contributed by atoms with Crippen LogP contribution in [-0.2, 0) is 22.7 Å². The third-order valence-corrected chi connectivity index (χ3v) is 4.75. The molecule has 0 amide bonds. The highest BCUT2D eigenvalue weighted by Gasteiger charge is 2.35. The summed E-state index contributed by atoms with van der Waals surface area (Å²) in [4.78, 5) is 37.4. The molecule has 0 fully saturated rings. The monoisotopic (exact) mass is 489 g/mol. The summed E-state index contributed by atoms with van der Waals surface area (Å²) >= 11 is 5.91. The molecule has 1 heterocycles. The first-order chi connectivity index (χ1) is 15.1. The SMILES string of the molecule is C=C(OCC#N)C(C)(C)OC(=O)c1cc(-n2c(=O)cc(C(F)(F)F)n(C)c2=O)c(F)cc1Cl. The zero-order valence-corrected chi connectivity index (χ0v) is 18.2. The Labute approximate surface area is 188 Å². The van der Waals surface area contributed by atoms with Crippen molar-refractivity contribution in [3.63, 3.8) is 0 Å². The molecule has 0 unspecified atom stereocenters. The zero-order valence-electron chi connectivity index (χ0n) is 17.4. The number of esters is 1. The lowest BCUT2D eigenvalue weighted by molar-refractivity contribution is -0.144. The summed E-state index contributed by atoms with van der Waals surface area (Å²) in [5.41, 5.74) is -7.32. The van der Waals surface area contributed by atoms with Gasteiger partial charge >= 0.3 is 17.8 Å². The van der Waals surface area contributed by atoms with Gasteiger partial charge in [0.15, 0.2) is 12.2 Å². The van der Waals surface area contributed by atoms with Crippen molar-refractivity contribution >= 4 is 17.6 Å². The van der Waals surface area contributed by atoms with Crippen LogP contribution in [0.5, 0.6) is 0 Å². The average Bonchev–Trinajstić information content (AvgIpc) is 2.68. The summed E-state index contributed by atoms with van der Waals surface area (Å²) in [6.45, 7) is 5.92. The summed E-state index contributed by atoms with van der Waals surface area (Å²) in [5, 5.41) is 8.11. The van der Waals surface area contributed by atoms with E-state index >= 15 is 0 Å². The lowest BCUT2D eigenvalue weighted by atomic mass is 10.1. The van der Waals surface area contributed by atoms with Crippen LogP contribution >= 0.6 is 11.6 Å². The van der Waals surface area contributed by atoms with Crippen molar-refractivity contribution in [2.75, 3.05) is 6.61 Å². The number of carbonyl (C=O) groups excluding carboxylic acids is 1. The van der Waals surface area contributed by atoms with Crippen LogP contribution in [0, 0.1) is 17.1 Å². The Hall–Kier alpha value is -3.59. The maximum atomic E-state index is 14.6. The van der Waals surface area contributed by atoms with Gasteiger partial charge in [0.1, 0.15) is 23.3 Å². The van der Waals surface area contributed by atoms with E-state index in [0.29, 0.717) is 12.1 Å². The number of aromatic nitrogens is 2. The molecule has 0 N–H and O–H groups in total. The molecule has 0 saturated heterocycles. The third kappa shape index (κ3) is 5.25. The van der Waals surface area contributed by atoms with E-state index in [1.807, 2.05) is 0 Å². The first-order valence-electron chi connectivity index (χ1n) is 8.94. The molecule has 0 aliphatic carbocycles. The molecular weight excluding hydrogens is 474 g/mol. The summed E-state index contributed by atoms with van der Waals surface area (Å²) in [6, 6.07) is 3.12. The minimum absolute atomic E-state index is 0.0938. The highest BCUT2D eigenvalue weighted by molar-refractivity contribution is 6.33. The fourth-order valence-corrected chi connectivity index (χ4v) is 2.85. The number of benzene rings is 1. The summed E-state index contributed by atoms with van der Waals surface area (Å²) in [6.07, 6.45) is -5.01. The Morgan fingerprint density at radius 3 is 2.39 bits per heavy atom. The molecule has 0 aliphatic rings. The van der Waals surface area contributed by atoms with Gasteiger partial charge in [-0.1, -0.05) is 18.2 Å². The lowest BCUT2D eigenvalue weighted by Crippen LogP contribution is -2.41. The standard InChI is InChI=1S/C20H16ClF4N3O5/c1-10(32-6-5-26)19(2,3)33-17(30)11-7-14(13(22)8-12(11)21)28-16(29)9-15(20(23,24)25)27(4)18(28)31/h7-9H,1,6H2,2-4H3. The van der Waals surface area contributed by atoms with Crippen LogP contribution < -0.4 is 11.2 Å². The van der Waals surface area contributed by atoms with Gasteiger partial charge in [-0.05, 0) is 26.0 Å². The molecule has 0 atom stereocenters. The minimum atomic E-state index is -5.01. The Balaban J connectivity index is 2.59. The van der Waals surface area contributed by atoms with Crippen molar-refractivity contribution < 1.29 is 31.8 Å². The van der Waals surface area contributed by atoms with Gasteiger partial charge < -0.3 is 9.47 Å². The van der Waals surface area contributed by atoms with Crippen LogP contribution in [0.1, 0.15) is 29.9 Å². The number of ether oxygens (including phenoxy) is 2. The largest absolute Gasteiger partial charge is 0.479 e. The molecule has 0 saturated carbocycles. The van der Waals surface area contributed by atoms with Gasteiger partial charge in [-0.15, -0.1) is 0 Å².